The number of benzene rings is 3. The van der Waals surface area contributed by atoms with Gasteiger partial charge in [0, 0.05) is 28.1 Å². The zero-order valence-corrected chi connectivity index (χ0v) is 20.4. The van der Waals surface area contributed by atoms with Gasteiger partial charge in [0.1, 0.15) is 22.6 Å². The molecule has 35 heavy (non-hydrogen) atoms. The van der Waals surface area contributed by atoms with Crippen LogP contribution >= 0.6 is 23.4 Å². The van der Waals surface area contributed by atoms with E-state index in [0.717, 1.165) is 22.3 Å². The Morgan fingerprint density at radius 1 is 1.06 bits per heavy atom. The molecule has 1 N–H and O–H groups in total. The van der Waals surface area contributed by atoms with E-state index in [0.29, 0.717) is 32.7 Å². The van der Waals surface area contributed by atoms with E-state index in [9.17, 15) is 9.18 Å². The third-order valence-corrected chi connectivity index (χ3v) is 7.10. The second-order valence-corrected chi connectivity index (χ2v) is 9.26. The summed E-state index contributed by atoms with van der Waals surface area (Å²) in [5.41, 5.74) is 4.28. The van der Waals surface area contributed by atoms with Gasteiger partial charge >= 0.3 is 0 Å². The molecule has 0 spiro atoms. The van der Waals surface area contributed by atoms with E-state index in [2.05, 4.69) is 4.98 Å². The number of halogens is 2. The molecular weight excluding hydrogens is 485 g/mol. The number of nitrogens with one attached hydrogen (secondary N) is 1. The topological polar surface area (TPSA) is 59.9 Å². The first kappa shape index (κ1) is 23.2. The van der Waals surface area contributed by atoms with Crippen molar-refractivity contribution < 1.29 is 9.13 Å². The van der Waals surface area contributed by atoms with E-state index in [1.165, 1.54) is 23.9 Å². The van der Waals surface area contributed by atoms with Crippen LogP contribution in [-0.4, -0.2) is 21.6 Å². The van der Waals surface area contributed by atoms with Crippen LogP contribution in [-0.2, 0) is 12.3 Å². The van der Waals surface area contributed by atoms with Gasteiger partial charge in [0.25, 0.3) is 5.56 Å². The van der Waals surface area contributed by atoms with Gasteiger partial charge in [0.2, 0.25) is 0 Å². The number of nitrogens with zero attached hydrogens (tertiary/aromatic N) is 2. The zero-order valence-electron chi connectivity index (χ0n) is 18.8. The van der Waals surface area contributed by atoms with Crippen LogP contribution in [0.3, 0.4) is 0 Å². The molecule has 8 heteroatoms. The summed E-state index contributed by atoms with van der Waals surface area (Å²) in [5, 5.41) is 0.870. The monoisotopic (exact) mass is 505 g/mol. The minimum atomic E-state index is -0.392. The summed E-state index contributed by atoms with van der Waals surface area (Å²) in [6.45, 7) is 0.283. The fourth-order valence-corrected chi connectivity index (χ4v) is 5.25. The van der Waals surface area contributed by atoms with Gasteiger partial charge in [0.05, 0.1) is 13.7 Å². The number of para-hydroxylation sites is 1. The Morgan fingerprint density at radius 3 is 2.60 bits per heavy atom. The molecule has 0 unspecified atom stereocenters. The number of hydrogen-bond acceptors (Lipinski definition) is 4. The molecule has 176 valence electrons. The lowest BCUT2D eigenvalue weighted by atomic mass is 10.1. The summed E-state index contributed by atoms with van der Waals surface area (Å²) in [7, 11) is 1.60. The minimum absolute atomic E-state index is 0.184. The number of aromatic amines is 1. The molecule has 5 nitrogen and oxygen atoms in total. The Morgan fingerprint density at radius 2 is 1.83 bits per heavy atom. The summed E-state index contributed by atoms with van der Waals surface area (Å²) in [6.07, 6.45) is 1.81. The number of aromatic nitrogens is 3. The first-order valence-corrected chi connectivity index (χ1v) is 12.3. The lowest BCUT2D eigenvalue weighted by Crippen LogP contribution is -2.24. The Kier molecular flexibility index (Phi) is 6.61. The molecule has 0 aliphatic heterocycles. The van der Waals surface area contributed by atoms with E-state index < -0.39 is 5.82 Å². The number of rotatable bonds is 7. The van der Waals surface area contributed by atoms with E-state index >= 15 is 0 Å². The number of ether oxygens (including phenoxy) is 1. The predicted octanol–water partition coefficient (Wildman–Crippen LogP) is 6.53. The van der Waals surface area contributed by atoms with Crippen LogP contribution < -0.4 is 10.3 Å². The second kappa shape index (κ2) is 9.98. The normalized spacial score (nSPS) is 11.2. The van der Waals surface area contributed by atoms with E-state index in [1.807, 2.05) is 60.8 Å². The van der Waals surface area contributed by atoms with E-state index in [1.54, 1.807) is 17.7 Å². The number of hydrogen-bond donors (Lipinski definition) is 1. The van der Waals surface area contributed by atoms with Crippen molar-refractivity contribution in [3.8, 4) is 16.9 Å². The highest BCUT2D eigenvalue weighted by atomic mass is 35.5. The van der Waals surface area contributed by atoms with Crippen molar-refractivity contribution in [1.29, 1.82) is 0 Å². The Labute approximate surface area is 210 Å². The standard InChI is InChI=1S/C27H21ClFN3O2S/c1-34-23-10-6-5-9-18(23)15-32-26(33)25-24(21(14-30-25)17-7-3-2-4-8-17)31-27(32)35-16-19-11-12-20(29)13-22(19)28/h2-14,30H,15-16H2,1H3. The van der Waals surface area contributed by atoms with Gasteiger partial charge in [-0.05, 0) is 29.3 Å². The SMILES string of the molecule is COc1ccccc1Cn1c(SCc2ccc(F)cc2Cl)nc2c(-c3ccccc3)c[nH]c2c1=O. The molecule has 0 radical (unpaired) electrons. The molecule has 5 aromatic rings. The van der Waals surface area contributed by atoms with Crippen LogP contribution in [0.4, 0.5) is 4.39 Å². The number of methoxy groups -OCH3 is 1. The molecule has 0 bridgehead atoms. The zero-order chi connectivity index (χ0) is 24.4. The molecule has 0 aliphatic rings. The fourth-order valence-electron chi connectivity index (χ4n) is 3.95. The first-order chi connectivity index (χ1) is 17.0. The molecule has 5 rings (SSSR count). The molecular formula is C27H21ClFN3O2S. The van der Waals surface area contributed by atoms with E-state index in [4.69, 9.17) is 21.3 Å². The first-order valence-electron chi connectivity index (χ1n) is 10.9. The predicted molar refractivity (Wildman–Crippen MR) is 139 cm³/mol. The van der Waals surface area contributed by atoms with Crippen molar-refractivity contribution in [2.24, 2.45) is 0 Å². The van der Waals surface area contributed by atoms with Crippen LogP contribution in [0.5, 0.6) is 5.75 Å². The number of H-pyrrole nitrogens is 1. The molecule has 2 aromatic heterocycles. The third-order valence-electron chi connectivity index (χ3n) is 5.73. The van der Waals surface area contributed by atoms with Crippen LogP contribution in [0.25, 0.3) is 22.2 Å². The highest BCUT2D eigenvalue weighted by Crippen LogP contribution is 2.31. The molecule has 0 amide bonds. The smallest absolute Gasteiger partial charge is 0.278 e. The highest BCUT2D eigenvalue weighted by Gasteiger charge is 2.18. The second-order valence-electron chi connectivity index (χ2n) is 7.91. The maximum Gasteiger partial charge on any atom is 0.278 e. The maximum absolute atomic E-state index is 13.7. The lowest BCUT2D eigenvalue weighted by Gasteiger charge is -2.15. The third kappa shape index (κ3) is 4.70. The molecule has 0 saturated heterocycles. The summed E-state index contributed by atoms with van der Waals surface area (Å²) in [5.74, 6) is 0.721. The van der Waals surface area contributed by atoms with Crippen LogP contribution in [0.15, 0.2) is 88.9 Å². The summed E-state index contributed by atoms with van der Waals surface area (Å²) >= 11 is 7.63. The number of fused-ring (bicyclic) bond motifs is 1. The summed E-state index contributed by atoms with van der Waals surface area (Å²) in [6, 6.07) is 21.7. The van der Waals surface area contributed by atoms with Gasteiger partial charge in [-0.3, -0.25) is 9.36 Å². The van der Waals surface area contributed by atoms with Gasteiger partial charge in [-0.2, -0.15) is 0 Å². The van der Waals surface area contributed by atoms with Crippen molar-refractivity contribution in [3.05, 3.63) is 111 Å². The average molecular weight is 506 g/mol. The molecule has 0 saturated carbocycles. The van der Waals surface area contributed by atoms with Crippen LogP contribution in [0, 0.1) is 5.82 Å². The lowest BCUT2D eigenvalue weighted by molar-refractivity contribution is 0.407. The van der Waals surface area contributed by atoms with Crippen molar-refractivity contribution in [1.82, 2.24) is 14.5 Å². The van der Waals surface area contributed by atoms with Crippen LogP contribution in [0.2, 0.25) is 5.02 Å². The van der Waals surface area contributed by atoms with Gasteiger partial charge in [-0.1, -0.05) is 78.0 Å². The molecule has 0 fully saturated rings. The van der Waals surface area contributed by atoms with E-state index in [-0.39, 0.29) is 12.1 Å². The van der Waals surface area contributed by atoms with Crippen LogP contribution in [0.1, 0.15) is 11.1 Å². The van der Waals surface area contributed by atoms with Crippen molar-refractivity contribution in [2.45, 2.75) is 17.5 Å². The fraction of sp³-hybridized carbons (Fsp3) is 0.111. The maximum atomic E-state index is 13.7. The average Bonchev–Trinajstić information content (AvgIpc) is 3.30. The number of thioether (sulfide) groups is 1. The molecule has 3 aromatic carbocycles. The summed E-state index contributed by atoms with van der Waals surface area (Å²) < 4.78 is 20.7. The van der Waals surface area contributed by atoms with Gasteiger partial charge in [0.15, 0.2) is 5.16 Å². The Hall–Kier alpha value is -3.55. The Balaban J connectivity index is 1.63. The summed E-state index contributed by atoms with van der Waals surface area (Å²) in [4.78, 5) is 21.7. The molecule has 0 atom stereocenters. The van der Waals surface area contributed by atoms with Gasteiger partial charge < -0.3 is 9.72 Å². The largest absolute Gasteiger partial charge is 0.496 e. The Bertz CT molecular complexity index is 1570. The van der Waals surface area contributed by atoms with Gasteiger partial charge in [-0.25, -0.2) is 9.37 Å². The minimum Gasteiger partial charge on any atom is -0.496 e. The van der Waals surface area contributed by atoms with Crippen molar-refractivity contribution >= 4 is 34.4 Å². The quantitative estimate of drug-likeness (QED) is 0.202. The highest BCUT2D eigenvalue weighted by molar-refractivity contribution is 7.98. The van der Waals surface area contributed by atoms with Crippen molar-refractivity contribution in [3.63, 3.8) is 0 Å². The van der Waals surface area contributed by atoms with Gasteiger partial charge in [-0.15, -0.1) is 0 Å². The van der Waals surface area contributed by atoms with Crippen molar-refractivity contribution in [2.75, 3.05) is 7.11 Å². The molecule has 0 aliphatic carbocycles. The molecule has 2 heterocycles.